The van der Waals surface area contributed by atoms with E-state index in [1.54, 1.807) is 42.5 Å². The van der Waals surface area contributed by atoms with E-state index >= 15 is 0 Å². The number of rotatable bonds is 9. The van der Waals surface area contributed by atoms with Crippen molar-refractivity contribution >= 4 is 34.7 Å². The molecule has 0 saturated heterocycles. The van der Waals surface area contributed by atoms with Crippen LogP contribution in [0, 0.1) is 0 Å². The maximum Gasteiger partial charge on any atom is 0.277 e. The summed E-state index contributed by atoms with van der Waals surface area (Å²) < 4.78 is 16.7. The highest BCUT2D eigenvalue weighted by Gasteiger charge is 2.39. The first kappa shape index (κ1) is 21.7. The minimum atomic E-state index is -0.574. The van der Waals surface area contributed by atoms with Gasteiger partial charge in [0.05, 0.1) is 31.1 Å². The second-order valence-electron chi connectivity index (χ2n) is 6.50. The smallest absolute Gasteiger partial charge is 0.277 e. The molecule has 0 bridgehead atoms. The highest BCUT2D eigenvalue weighted by atomic mass is 35.5. The molecule has 7 heteroatoms. The molecular formula is C23H24ClNO5. The molecule has 0 atom stereocenters. The van der Waals surface area contributed by atoms with Crippen LogP contribution < -0.4 is 19.1 Å². The van der Waals surface area contributed by atoms with Crippen molar-refractivity contribution in [3.63, 3.8) is 0 Å². The Morgan fingerprint density at radius 2 is 1.50 bits per heavy atom. The Kier molecular flexibility index (Phi) is 7.00. The van der Waals surface area contributed by atoms with Gasteiger partial charge in [0.25, 0.3) is 11.8 Å². The summed E-state index contributed by atoms with van der Waals surface area (Å²) in [5.74, 6) is 0.635. The average Bonchev–Trinajstić information content (AvgIpc) is 2.97. The van der Waals surface area contributed by atoms with Gasteiger partial charge in [-0.2, -0.15) is 0 Å². The molecular weight excluding hydrogens is 406 g/mol. The van der Waals surface area contributed by atoms with Gasteiger partial charge < -0.3 is 14.2 Å². The van der Waals surface area contributed by atoms with Crippen LogP contribution in [0.1, 0.15) is 32.8 Å². The minimum Gasteiger partial charge on any atom is -0.494 e. The largest absolute Gasteiger partial charge is 0.494 e. The van der Waals surface area contributed by atoms with Crippen LogP contribution in [0.3, 0.4) is 0 Å². The monoisotopic (exact) mass is 429 g/mol. The van der Waals surface area contributed by atoms with Gasteiger partial charge in [-0.25, -0.2) is 4.90 Å². The van der Waals surface area contributed by atoms with E-state index in [0.717, 1.165) is 11.3 Å². The number of amides is 2. The van der Waals surface area contributed by atoms with Crippen LogP contribution in [0.4, 0.5) is 5.69 Å². The summed E-state index contributed by atoms with van der Waals surface area (Å²) in [4.78, 5) is 27.0. The van der Waals surface area contributed by atoms with Crippen LogP contribution in [0.2, 0.25) is 0 Å². The third-order valence-corrected chi connectivity index (χ3v) is 4.78. The summed E-state index contributed by atoms with van der Waals surface area (Å²) >= 11 is 6.29. The Morgan fingerprint density at radius 3 is 2.13 bits per heavy atom. The van der Waals surface area contributed by atoms with Crippen molar-refractivity contribution in [1.82, 2.24) is 0 Å². The fourth-order valence-electron chi connectivity index (χ4n) is 3.10. The number of anilines is 1. The van der Waals surface area contributed by atoms with E-state index in [2.05, 4.69) is 0 Å². The van der Waals surface area contributed by atoms with Crippen molar-refractivity contribution in [2.45, 2.75) is 27.2 Å². The van der Waals surface area contributed by atoms with Crippen molar-refractivity contribution in [1.29, 1.82) is 0 Å². The third-order valence-electron chi connectivity index (χ3n) is 4.43. The molecule has 0 aliphatic carbocycles. The summed E-state index contributed by atoms with van der Waals surface area (Å²) in [6.07, 6.45) is 0.895. The van der Waals surface area contributed by atoms with E-state index in [4.69, 9.17) is 25.8 Å². The molecule has 0 aromatic heterocycles. The molecule has 0 radical (unpaired) electrons. The van der Waals surface area contributed by atoms with Crippen molar-refractivity contribution in [2.24, 2.45) is 0 Å². The van der Waals surface area contributed by atoms with Crippen molar-refractivity contribution in [3.8, 4) is 17.2 Å². The van der Waals surface area contributed by atoms with E-state index in [0.29, 0.717) is 48.3 Å². The van der Waals surface area contributed by atoms with Crippen LogP contribution in [-0.4, -0.2) is 31.6 Å². The second-order valence-corrected chi connectivity index (χ2v) is 6.88. The van der Waals surface area contributed by atoms with Crippen molar-refractivity contribution in [2.75, 3.05) is 24.7 Å². The molecule has 0 fully saturated rings. The van der Waals surface area contributed by atoms with Gasteiger partial charge in [0.1, 0.15) is 10.8 Å². The first-order valence-corrected chi connectivity index (χ1v) is 10.3. The van der Waals surface area contributed by atoms with Crippen LogP contribution in [0.15, 0.2) is 47.5 Å². The average molecular weight is 430 g/mol. The zero-order valence-electron chi connectivity index (χ0n) is 17.2. The molecule has 0 unspecified atom stereocenters. The SMILES string of the molecule is CCCOc1ccc(C2=C(Cl)C(=O)N(c3ccc(OCC)c(OCC)c3)C2=O)cc1. The first-order chi connectivity index (χ1) is 14.5. The van der Waals surface area contributed by atoms with Crippen LogP contribution in [-0.2, 0) is 9.59 Å². The topological polar surface area (TPSA) is 65.1 Å². The fraction of sp³-hybridized carbons (Fsp3) is 0.304. The Bertz CT molecular complexity index is 968. The molecule has 3 rings (SSSR count). The summed E-state index contributed by atoms with van der Waals surface area (Å²) in [5, 5.41) is -0.117. The van der Waals surface area contributed by atoms with Gasteiger partial charge >= 0.3 is 0 Å². The number of carbonyl (C=O) groups excluding carboxylic acids is 2. The Morgan fingerprint density at radius 1 is 0.833 bits per heavy atom. The van der Waals surface area contributed by atoms with Gasteiger partial charge in [-0.05, 0) is 50.1 Å². The summed E-state index contributed by atoms with van der Waals surface area (Å²) in [6, 6.07) is 11.9. The lowest BCUT2D eigenvalue weighted by molar-refractivity contribution is -0.119. The van der Waals surface area contributed by atoms with Gasteiger partial charge in [-0.1, -0.05) is 30.7 Å². The molecule has 0 N–H and O–H groups in total. The lowest BCUT2D eigenvalue weighted by atomic mass is 10.1. The zero-order chi connectivity index (χ0) is 21.7. The molecule has 1 aliphatic rings. The molecule has 6 nitrogen and oxygen atoms in total. The molecule has 1 heterocycles. The quantitative estimate of drug-likeness (QED) is 0.536. The summed E-state index contributed by atoms with van der Waals surface area (Å²) in [5.41, 5.74) is 1.09. The number of hydrogen-bond donors (Lipinski definition) is 0. The van der Waals surface area contributed by atoms with Gasteiger partial charge in [-0.3, -0.25) is 9.59 Å². The highest BCUT2D eigenvalue weighted by Crippen LogP contribution is 2.38. The maximum absolute atomic E-state index is 13.1. The van der Waals surface area contributed by atoms with Gasteiger partial charge in [0.2, 0.25) is 0 Å². The second kappa shape index (κ2) is 9.67. The number of hydrogen-bond acceptors (Lipinski definition) is 5. The molecule has 158 valence electrons. The molecule has 2 aromatic carbocycles. The fourth-order valence-corrected chi connectivity index (χ4v) is 3.38. The molecule has 1 aliphatic heterocycles. The van der Waals surface area contributed by atoms with E-state index in [1.165, 1.54) is 0 Å². The summed E-state index contributed by atoms with van der Waals surface area (Å²) in [6.45, 7) is 7.23. The predicted octanol–water partition coefficient (Wildman–Crippen LogP) is 4.80. The van der Waals surface area contributed by atoms with Gasteiger partial charge in [0, 0.05) is 6.07 Å². The molecule has 2 aromatic rings. The van der Waals surface area contributed by atoms with Crippen LogP contribution in [0.5, 0.6) is 17.2 Å². The van der Waals surface area contributed by atoms with E-state index in [1.807, 2.05) is 20.8 Å². The van der Waals surface area contributed by atoms with Crippen molar-refractivity contribution in [3.05, 3.63) is 53.1 Å². The van der Waals surface area contributed by atoms with E-state index in [-0.39, 0.29) is 10.6 Å². The van der Waals surface area contributed by atoms with Crippen molar-refractivity contribution < 1.29 is 23.8 Å². The minimum absolute atomic E-state index is 0.117. The predicted molar refractivity (Wildman–Crippen MR) is 116 cm³/mol. The van der Waals surface area contributed by atoms with Gasteiger partial charge in [0.15, 0.2) is 11.5 Å². The lowest BCUT2D eigenvalue weighted by Gasteiger charge is -2.18. The molecule has 2 amide bonds. The summed E-state index contributed by atoms with van der Waals surface area (Å²) in [7, 11) is 0. The number of ether oxygens (including phenoxy) is 3. The molecule has 0 spiro atoms. The normalized spacial score (nSPS) is 13.8. The lowest BCUT2D eigenvalue weighted by Crippen LogP contribution is -2.31. The van der Waals surface area contributed by atoms with E-state index < -0.39 is 11.8 Å². The Hall–Kier alpha value is -2.99. The molecule has 0 saturated carbocycles. The zero-order valence-corrected chi connectivity index (χ0v) is 18.0. The standard InChI is InChI=1S/C23H24ClNO5/c1-4-13-30-17-10-7-15(8-11-17)20-21(24)23(27)25(22(20)26)16-9-12-18(28-5-2)19(14-16)29-6-3/h7-12,14H,4-6,13H2,1-3H3. The highest BCUT2D eigenvalue weighted by molar-refractivity contribution is 6.60. The Balaban J connectivity index is 1.91. The molecule has 30 heavy (non-hydrogen) atoms. The third kappa shape index (κ3) is 4.28. The number of halogens is 1. The van der Waals surface area contributed by atoms with E-state index in [9.17, 15) is 9.59 Å². The number of benzene rings is 2. The van der Waals surface area contributed by atoms with Crippen LogP contribution in [0.25, 0.3) is 5.57 Å². The Labute approximate surface area is 181 Å². The number of carbonyl (C=O) groups is 2. The number of nitrogens with zero attached hydrogens (tertiary/aromatic N) is 1. The first-order valence-electron chi connectivity index (χ1n) is 9.93. The maximum atomic E-state index is 13.1. The van der Waals surface area contributed by atoms with Crippen LogP contribution >= 0.6 is 11.6 Å². The number of imide groups is 1. The van der Waals surface area contributed by atoms with Gasteiger partial charge in [-0.15, -0.1) is 0 Å².